The summed E-state index contributed by atoms with van der Waals surface area (Å²) in [5.74, 6) is 0.484. The highest BCUT2D eigenvalue weighted by atomic mass is 16.5. The third-order valence-corrected chi connectivity index (χ3v) is 5.66. The van der Waals surface area contributed by atoms with Gasteiger partial charge in [-0.25, -0.2) is 0 Å². The number of rotatable bonds is 3. The van der Waals surface area contributed by atoms with Crippen LogP contribution in [-0.4, -0.2) is 78.5 Å². The Morgan fingerprint density at radius 1 is 1.20 bits per heavy atom. The Balaban J connectivity index is 1.37. The molecule has 25 heavy (non-hydrogen) atoms. The van der Waals surface area contributed by atoms with Crippen molar-refractivity contribution in [3.8, 4) is 0 Å². The number of morpholine rings is 1. The molecule has 0 unspecified atom stereocenters. The third kappa shape index (κ3) is 3.16. The van der Waals surface area contributed by atoms with E-state index in [0.29, 0.717) is 18.5 Å². The molecular formula is C19H25N3O3. The van der Waals surface area contributed by atoms with Gasteiger partial charge in [0.2, 0.25) is 5.91 Å². The van der Waals surface area contributed by atoms with E-state index in [-0.39, 0.29) is 18.4 Å². The van der Waals surface area contributed by atoms with Gasteiger partial charge in [0.25, 0.3) is 5.91 Å². The average molecular weight is 343 g/mol. The van der Waals surface area contributed by atoms with Crippen molar-refractivity contribution in [1.82, 2.24) is 14.7 Å². The van der Waals surface area contributed by atoms with E-state index in [0.717, 1.165) is 50.5 Å². The lowest BCUT2D eigenvalue weighted by atomic mass is 10.0. The molecule has 3 aliphatic heterocycles. The largest absolute Gasteiger partial charge is 0.379 e. The number of benzene rings is 1. The van der Waals surface area contributed by atoms with Crippen molar-refractivity contribution in [3.63, 3.8) is 0 Å². The SMILES string of the molecule is C[C@H]1CN(C(=O)CN2Cc3ccccc3C2=O)C[C@@H]1N1CCOCC1. The number of nitrogens with zero attached hydrogens (tertiary/aromatic N) is 3. The number of hydrogen-bond donors (Lipinski definition) is 0. The molecule has 2 saturated heterocycles. The van der Waals surface area contributed by atoms with E-state index in [1.165, 1.54) is 0 Å². The summed E-state index contributed by atoms with van der Waals surface area (Å²) in [7, 11) is 0. The Bertz CT molecular complexity index is 672. The summed E-state index contributed by atoms with van der Waals surface area (Å²) >= 11 is 0. The van der Waals surface area contributed by atoms with E-state index < -0.39 is 0 Å². The van der Waals surface area contributed by atoms with Gasteiger partial charge in [-0.15, -0.1) is 0 Å². The molecule has 0 N–H and O–H groups in total. The highest BCUT2D eigenvalue weighted by molar-refractivity contribution is 6.00. The van der Waals surface area contributed by atoms with Crippen LogP contribution in [0.1, 0.15) is 22.8 Å². The van der Waals surface area contributed by atoms with Crippen LogP contribution in [0.15, 0.2) is 24.3 Å². The summed E-state index contributed by atoms with van der Waals surface area (Å²) in [5, 5.41) is 0. The minimum atomic E-state index is -0.0269. The highest BCUT2D eigenvalue weighted by Crippen LogP contribution is 2.25. The molecular weight excluding hydrogens is 318 g/mol. The third-order valence-electron chi connectivity index (χ3n) is 5.66. The molecule has 0 aromatic heterocycles. The average Bonchev–Trinajstić information content (AvgIpc) is 3.17. The van der Waals surface area contributed by atoms with Gasteiger partial charge in [-0.3, -0.25) is 14.5 Å². The zero-order valence-electron chi connectivity index (χ0n) is 14.7. The molecule has 1 aromatic carbocycles. The maximum absolute atomic E-state index is 12.8. The van der Waals surface area contributed by atoms with Crippen LogP contribution >= 0.6 is 0 Å². The topological polar surface area (TPSA) is 53.1 Å². The van der Waals surface area contributed by atoms with E-state index in [1.807, 2.05) is 29.2 Å². The number of ether oxygens (including phenoxy) is 1. The lowest BCUT2D eigenvalue weighted by Gasteiger charge is -2.34. The van der Waals surface area contributed by atoms with Crippen molar-refractivity contribution in [1.29, 1.82) is 0 Å². The van der Waals surface area contributed by atoms with Crippen LogP contribution in [0.5, 0.6) is 0 Å². The molecule has 0 aliphatic carbocycles. The lowest BCUT2D eigenvalue weighted by Crippen LogP contribution is -2.47. The Morgan fingerprint density at radius 2 is 1.96 bits per heavy atom. The first-order valence-corrected chi connectivity index (χ1v) is 9.10. The van der Waals surface area contributed by atoms with Crippen molar-refractivity contribution in [2.24, 2.45) is 5.92 Å². The number of amides is 2. The molecule has 2 fully saturated rings. The number of fused-ring (bicyclic) bond motifs is 1. The van der Waals surface area contributed by atoms with Crippen LogP contribution < -0.4 is 0 Å². The van der Waals surface area contributed by atoms with Gasteiger partial charge in [0.05, 0.1) is 13.2 Å². The van der Waals surface area contributed by atoms with Gasteiger partial charge in [-0.1, -0.05) is 25.1 Å². The van der Waals surface area contributed by atoms with Crippen LogP contribution in [0.4, 0.5) is 0 Å². The van der Waals surface area contributed by atoms with Gasteiger partial charge < -0.3 is 14.5 Å². The number of carbonyl (C=O) groups is 2. The van der Waals surface area contributed by atoms with E-state index in [1.54, 1.807) is 4.90 Å². The summed E-state index contributed by atoms with van der Waals surface area (Å²) in [6.45, 7) is 7.89. The van der Waals surface area contributed by atoms with Gasteiger partial charge in [-0.2, -0.15) is 0 Å². The van der Waals surface area contributed by atoms with Crippen molar-refractivity contribution in [2.75, 3.05) is 45.9 Å². The van der Waals surface area contributed by atoms with Gasteiger partial charge in [0.15, 0.2) is 0 Å². The number of carbonyl (C=O) groups excluding carboxylic acids is 2. The Kier molecular flexibility index (Phi) is 4.48. The van der Waals surface area contributed by atoms with Crippen LogP contribution in [0, 0.1) is 5.92 Å². The van der Waals surface area contributed by atoms with E-state index >= 15 is 0 Å². The summed E-state index contributed by atoms with van der Waals surface area (Å²) in [6.07, 6.45) is 0. The fourth-order valence-electron chi connectivity index (χ4n) is 4.24. The molecule has 2 atom stereocenters. The summed E-state index contributed by atoms with van der Waals surface area (Å²) in [4.78, 5) is 31.3. The number of hydrogen-bond acceptors (Lipinski definition) is 4. The van der Waals surface area contributed by atoms with Crippen molar-refractivity contribution >= 4 is 11.8 Å². The van der Waals surface area contributed by atoms with E-state index in [4.69, 9.17) is 4.74 Å². The zero-order valence-corrected chi connectivity index (χ0v) is 14.7. The second kappa shape index (κ2) is 6.77. The van der Waals surface area contributed by atoms with Crippen LogP contribution in [0.3, 0.4) is 0 Å². The first-order valence-electron chi connectivity index (χ1n) is 9.10. The minimum Gasteiger partial charge on any atom is -0.379 e. The van der Waals surface area contributed by atoms with E-state index in [2.05, 4.69) is 11.8 Å². The summed E-state index contributed by atoms with van der Waals surface area (Å²) in [5.41, 5.74) is 1.75. The zero-order chi connectivity index (χ0) is 17.4. The predicted octanol–water partition coefficient (Wildman–Crippen LogP) is 0.822. The first kappa shape index (κ1) is 16.5. The standard InChI is InChI=1S/C19H25N3O3/c1-14-10-21(12-17(14)20-6-8-25-9-7-20)18(23)13-22-11-15-4-2-3-5-16(15)19(22)24/h2-5,14,17H,6-13H2,1H3/t14-,17-/m0/s1. The molecule has 0 bridgehead atoms. The molecule has 1 aromatic rings. The van der Waals surface area contributed by atoms with E-state index in [9.17, 15) is 9.59 Å². The monoisotopic (exact) mass is 343 g/mol. The molecule has 2 amide bonds. The fraction of sp³-hybridized carbons (Fsp3) is 0.579. The van der Waals surface area contributed by atoms with Crippen molar-refractivity contribution in [3.05, 3.63) is 35.4 Å². The van der Waals surface area contributed by atoms with Crippen LogP contribution in [0.2, 0.25) is 0 Å². The molecule has 3 heterocycles. The second-order valence-corrected chi connectivity index (χ2v) is 7.31. The molecule has 0 spiro atoms. The Hall–Kier alpha value is -1.92. The smallest absolute Gasteiger partial charge is 0.254 e. The highest BCUT2D eigenvalue weighted by Gasteiger charge is 2.38. The fourth-order valence-corrected chi connectivity index (χ4v) is 4.24. The molecule has 6 nitrogen and oxygen atoms in total. The maximum Gasteiger partial charge on any atom is 0.254 e. The molecule has 0 saturated carbocycles. The van der Waals surface area contributed by atoms with Crippen molar-refractivity contribution < 1.29 is 14.3 Å². The molecule has 134 valence electrons. The Morgan fingerprint density at radius 3 is 2.72 bits per heavy atom. The Labute approximate surface area is 148 Å². The lowest BCUT2D eigenvalue weighted by molar-refractivity contribution is -0.131. The van der Waals surface area contributed by atoms with Gasteiger partial charge in [0.1, 0.15) is 6.54 Å². The minimum absolute atomic E-state index is 0.0269. The van der Waals surface area contributed by atoms with Gasteiger partial charge >= 0.3 is 0 Å². The predicted molar refractivity (Wildman–Crippen MR) is 93.1 cm³/mol. The maximum atomic E-state index is 12.8. The quantitative estimate of drug-likeness (QED) is 0.815. The molecule has 0 radical (unpaired) electrons. The first-order chi connectivity index (χ1) is 12.1. The normalized spacial score (nSPS) is 27.0. The van der Waals surface area contributed by atoms with Crippen molar-refractivity contribution in [2.45, 2.75) is 19.5 Å². The second-order valence-electron chi connectivity index (χ2n) is 7.31. The molecule has 3 aliphatic rings. The molecule has 4 rings (SSSR count). The van der Waals surface area contributed by atoms with Gasteiger partial charge in [0, 0.05) is 44.3 Å². The summed E-state index contributed by atoms with van der Waals surface area (Å²) < 4.78 is 5.43. The van der Waals surface area contributed by atoms with Crippen LogP contribution in [0.25, 0.3) is 0 Å². The summed E-state index contributed by atoms with van der Waals surface area (Å²) in [6, 6.07) is 8.02. The van der Waals surface area contributed by atoms with Gasteiger partial charge in [-0.05, 0) is 17.5 Å². The van der Waals surface area contributed by atoms with Crippen LogP contribution in [-0.2, 0) is 16.1 Å². The number of likely N-dealkylation sites (tertiary alicyclic amines) is 1. The molecule has 6 heteroatoms.